The number of imide groups is 1. The lowest BCUT2D eigenvalue weighted by atomic mass is 9.90. The van der Waals surface area contributed by atoms with Crippen LogP contribution in [0.2, 0.25) is 0 Å². The SMILES string of the molecule is Cc1cc(C(F)(F)F)cnc1N1CC[C@H]1C(=O)NC(=O)C=C(N)C(C)(C)CO. The molecule has 0 aliphatic carbocycles. The van der Waals surface area contributed by atoms with Crippen LogP contribution in [0.4, 0.5) is 19.0 Å². The fourth-order valence-corrected chi connectivity index (χ4v) is 2.61. The zero-order chi connectivity index (χ0) is 21.3. The number of nitrogens with one attached hydrogen (secondary N) is 1. The third kappa shape index (κ3) is 4.61. The van der Waals surface area contributed by atoms with Gasteiger partial charge in [0.2, 0.25) is 5.91 Å². The number of alkyl halides is 3. The summed E-state index contributed by atoms with van der Waals surface area (Å²) in [6, 6.07) is 0.258. The predicted molar refractivity (Wildman–Crippen MR) is 96.0 cm³/mol. The molecule has 28 heavy (non-hydrogen) atoms. The van der Waals surface area contributed by atoms with E-state index in [1.807, 2.05) is 0 Å². The number of hydrogen-bond acceptors (Lipinski definition) is 6. The lowest BCUT2D eigenvalue weighted by Crippen LogP contribution is -2.57. The Bertz CT molecular complexity index is 806. The summed E-state index contributed by atoms with van der Waals surface area (Å²) < 4.78 is 38.3. The number of carbonyl (C=O) groups excluding carboxylic acids is 2. The molecule has 0 spiro atoms. The minimum atomic E-state index is -4.50. The van der Waals surface area contributed by atoms with E-state index < -0.39 is 35.0 Å². The molecule has 4 N–H and O–H groups in total. The van der Waals surface area contributed by atoms with Gasteiger partial charge in [0.05, 0.1) is 12.2 Å². The van der Waals surface area contributed by atoms with Crippen LogP contribution in [0.15, 0.2) is 24.0 Å². The van der Waals surface area contributed by atoms with Crippen molar-refractivity contribution >= 4 is 17.6 Å². The molecule has 0 saturated carbocycles. The van der Waals surface area contributed by atoms with Crippen molar-refractivity contribution in [2.24, 2.45) is 11.1 Å². The Morgan fingerprint density at radius 2 is 2.07 bits per heavy atom. The van der Waals surface area contributed by atoms with E-state index in [-0.39, 0.29) is 23.7 Å². The number of hydrogen-bond donors (Lipinski definition) is 3. The smallest absolute Gasteiger partial charge is 0.401 e. The number of carbonyl (C=O) groups is 2. The summed E-state index contributed by atoms with van der Waals surface area (Å²) in [4.78, 5) is 29.8. The van der Waals surface area contributed by atoms with Crippen molar-refractivity contribution in [1.29, 1.82) is 0 Å². The van der Waals surface area contributed by atoms with Crippen LogP contribution in [0.5, 0.6) is 0 Å². The lowest BCUT2D eigenvalue weighted by molar-refractivity contribution is -0.138. The van der Waals surface area contributed by atoms with E-state index in [1.165, 1.54) is 6.92 Å². The summed E-state index contributed by atoms with van der Waals surface area (Å²) in [7, 11) is 0. The van der Waals surface area contributed by atoms with Gasteiger partial charge >= 0.3 is 6.18 Å². The van der Waals surface area contributed by atoms with Crippen LogP contribution in [-0.2, 0) is 15.8 Å². The molecule has 10 heteroatoms. The Kier molecular flexibility index (Phi) is 6.03. The van der Waals surface area contributed by atoms with Gasteiger partial charge in [0.25, 0.3) is 5.91 Å². The van der Waals surface area contributed by atoms with Crippen LogP contribution in [0, 0.1) is 12.3 Å². The van der Waals surface area contributed by atoms with E-state index in [0.717, 1.165) is 18.3 Å². The first-order valence-corrected chi connectivity index (χ1v) is 8.60. The Balaban J connectivity index is 2.08. The average molecular weight is 400 g/mol. The summed E-state index contributed by atoms with van der Waals surface area (Å²) >= 11 is 0. The Morgan fingerprint density at radius 1 is 1.43 bits per heavy atom. The van der Waals surface area contributed by atoms with E-state index in [4.69, 9.17) is 5.73 Å². The molecule has 0 unspecified atom stereocenters. The number of amides is 2. The number of nitrogens with zero attached hydrogens (tertiary/aromatic N) is 2. The first kappa shape index (κ1) is 21.7. The molecular weight excluding hydrogens is 377 g/mol. The molecule has 1 aliphatic heterocycles. The van der Waals surface area contributed by atoms with Gasteiger partial charge in [-0.15, -0.1) is 0 Å². The van der Waals surface area contributed by atoms with Gasteiger partial charge in [0.1, 0.15) is 11.9 Å². The number of aryl methyl sites for hydroxylation is 1. The molecule has 0 radical (unpaired) electrons. The number of anilines is 1. The van der Waals surface area contributed by atoms with Gasteiger partial charge in [0.15, 0.2) is 0 Å². The average Bonchev–Trinajstić information content (AvgIpc) is 2.54. The van der Waals surface area contributed by atoms with Gasteiger partial charge in [-0.2, -0.15) is 13.2 Å². The van der Waals surface area contributed by atoms with Crippen molar-refractivity contribution in [2.75, 3.05) is 18.1 Å². The van der Waals surface area contributed by atoms with E-state index >= 15 is 0 Å². The first-order valence-electron chi connectivity index (χ1n) is 8.60. The molecule has 0 bridgehead atoms. The number of aliphatic hydroxyl groups is 1. The highest BCUT2D eigenvalue weighted by Gasteiger charge is 2.38. The van der Waals surface area contributed by atoms with Crippen LogP contribution in [0.3, 0.4) is 0 Å². The second-order valence-electron chi connectivity index (χ2n) is 7.36. The zero-order valence-corrected chi connectivity index (χ0v) is 15.8. The van der Waals surface area contributed by atoms with E-state index in [9.17, 15) is 27.9 Å². The van der Waals surface area contributed by atoms with Crippen molar-refractivity contribution in [3.63, 3.8) is 0 Å². The van der Waals surface area contributed by atoms with Crippen LogP contribution in [0.1, 0.15) is 31.4 Å². The van der Waals surface area contributed by atoms with Crippen molar-refractivity contribution in [3.8, 4) is 0 Å². The van der Waals surface area contributed by atoms with Gasteiger partial charge in [-0.3, -0.25) is 14.9 Å². The fourth-order valence-electron chi connectivity index (χ4n) is 2.61. The minimum absolute atomic E-state index is 0.117. The Morgan fingerprint density at radius 3 is 2.54 bits per heavy atom. The maximum absolute atomic E-state index is 12.8. The summed E-state index contributed by atoms with van der Waals surface area (Å²) in [6.45, 7) is 4.92. The van der Waals surface area contributed by atoms with Crippen molar-refractivity contribution < 1.29 is 27.9 Å². The summed E-state index contributed by atoms with van der Waals surface area (Å²) in [5.74, 6) is -1.06. The normalized spacial score (nSPS) is 17.9. The number of halogens is 3. The molecule has 1 atom stereocenters. The van der Waals surface area contributed by atoms with Crippen molar-refractivity contribution in [3.05, 3.63) is 35.2 Å². The van der Waals surface area contributed by atoms with Crippen molar-refractivity contribution in [1.82, 2.24) is 10.3 Å². The van der Waals surface area contributed by atoms with Gasteiger partial charge in [-0.05, 0) is 25.0 Å². The maximum Gasteiger partial charge on any atom is 0.417 e. The van der Waals surface area contributed by atoms with E-state index in [2.05, 4.69) is 10.3 Å². The first-order chi connectivity index (χ1) is 12.9. The topological polar surface area (TPSA) is 109 Å². The molecule has 1 aromatic rings. The maximum atomic E-state index is 12.8. The van der Waals surface area contributed by atoms with Crippen molar-refractivity contribution in [2.45, 2.75) is 39.4 Å². The molecule has 2 amide bonds. The second-order valence-corrected chi connectivity index (χ2v) is 7.36. The zero-order valence-electron chi connectivity index (χ0n) is 15.8. The summed E-state index contributed by atoms with van der Waals surface area (Å²) in [6.07, 6.45) is -2.30. The lowest BCUT2D eigenvalue weighted by Gasteiger charge is -2.41. The highest BCUT2D eigenvalue weighted by atomic mass is 19.4. The second kappa shape index (κ2) is 7.78. The highest BCUT2D eigenvalue weighted by molar-refractivity contribution is 6.04. The Hall–Kier alpha value is -2.62. The van der Waals surface area contributed by atoms with Crippen LogP contribution >= 0.6 is 0 Å². The number of aliphatic hydroxyl groups excluding tert-OH is 1. The van der Waals surface area contributed by atoms with Gasteiger partial charge < -0.3 is 15.7 Å². The number of aromatic nitrogens is 1. The van der Waals surface area contributed by atoms with Crippen LogP contribution in [0.25, 0.3) is 0 Å². The van der Waals surface area contributed by atoms with Crippen LogP contribution < -0.4 is 16.0 Å². The number of pyridine rings is 1. The predicted octanol–water partition coefficient (Wildman–Crippen LogP) is 1.49. The molecule has 7 nitrogen and oxygen atoms in total. The van der Waals surface area contributed by atoms with E-state index in [1.54, 1.807) is 18.7 Å². The summed E-state index contributed by atoms with van der Waals surface area (Å²) in [5, 5.41) is 11.4. The molecule has 2 rings (SSSR count). The molecule has 1 fully saturated rings. The van der Waals surface area contributed by atoms with Gasteiger partial charge in [-0.1, -0.05) is 13.8 Å². The fraction of sp³-hybridized carbons (Fsp3) is 0.500. The quantitative estimate of drug-likeness (QED) is 0.647. The Labute approximate surface area is 160 Å². The molecule has 0 aromatic carbocycles. The molecule has 1 aromatic heterocycles. The van der Waals surface area contributed by atoms with Gasteiger partial charge in [0, 0.05) is 29.9 Å². The molecule has 1 aliphatic rings. The molecule has 154 valence electrons. The molecular formula is C18H23F3N4O3. The third-order valence-corrected chi connectivity index (χ3v) is 4.68. The number of rotatable bonds is 5. The summed E-state index contributed by atoms with van der Waals surface area (Å²) in [5.41, 5.74) is 4.49. The van der Waals surface area contributed by atoms with E-state index in [0.29, 0.717) is 13.0 Å². The minimum Gasteiger partial charge on any atom is -0.401 e. The third-order valence-electron chi connectivity index (χ3n) is 4.68. The highest BCUT2D eigenvalue weighted by Crippen LogP contribution is 2.33. The van der Waals surface area contributed by atoms with Crippen LogP contribution in [-0.4, -0.2) is 41.1 Å². The largest absolute Gasteiger partial charge is 0.417 e. The molecule has 2 heterocycles. The monoisotopic (exact) mass is 400 g/mol. The standard InChI is InChI=1S/C18H23F3N4O3/c1-10-6-11(18(19,20)21)8-23-15(10)25-5-4-12(25)16(28)24-14(27)7-13(22)17(2,3)9-26/h6-8,12,26H,4-5,9,22H2,1-3H3,(H,24,27,28)/t12-/m0/s1. The number of nitrogens with two attached hydrogens (primary N) is 1. The molecule has 1 saturated heterocycles. The van der Waals surface area contributed by atoms with Gasteiger partial charge in [-0.25, -0.2) is 4.98 Å².